The lowest BCUT2D eigenvalue weighted by Gasteiger charge is -2.02. The van der Waals surface area contributed by atoms with Crippen molar-refractivity contribution in [1.82, 2.24) is 14.3 Å². The molecular formula is C11H17FN4O. The normalized spacial score (nSPS) is 9.65. The second-order valence-corrected chi connectivity index (χ2v) is 3.08. The van der Waals surface area contributed by atoms with Crippen LogP contribution in [0, 0.1) is 5.95 Å². The SMILES string of the molecule is CC.Cn1ncc(-n2cccc(N)c2=O)c1F.[HH]. The molecule has 2 N–H and O–H groups in total. The second-order valence-electron chi connectivity index (χ2n) is 3.08. The number of nitrogen functional groups attached to an aromatic ring is 1. The Labute approximate surface area is 99.8 Å². The summed E-state index contributed by atoms with van der Waals surface area (Å²) in [5.74, 6) is -0.581. The number of hydrogen-bond acceptors (Lipinski definition) is 3. The van der Waals surface area contributed by atoms with Crippen LogP contribution in [0.2, 0.25) is 0 Å². The lowest BCUT2D eigenvalue weighted by molar-refractivity contribution is 0.499. The zero-order valence-electron chi connectivity index (χ0n) is 10.0. The van der Waals surface area contributed by atoms with E-state index >= 15 is 0 Å². The Kier molecular flexibility index (Phi) is 4.03. The minimum atomic E-state index is -0.581. The van der Waals surface area contributed by atoms with E-state index in [1.165, 1.54) is 25.5 Å². The summed E-state index contributed by atoms with van der Waals surface area (Å²) in [5.41, 5.74) is 5.14. The van der Waals surface area contributed by atoms with Gasteiger partial charge in [-0.3, -0.25) is 9.36 Å². The van der Waals surface area contributed by atoms with E-state index < -0.39 is 11.5 Å². The van der Waals surface area contributed by atoms with Crippen LogP contribution in [0.5, 0.6) is 0 Å². The zero-order chi connectivity index (χ0) is 13.0. The Bertz CT molecular complexity index is 564. The highest BCUT2D eigenvalue weighted by Crippen LogP contribution is 2.09. The van der Waals surface area contributed by atoms with Gasteiger partial charge in [-0.15, -0.1) is 0 Å². The number of pyridine rings is 1. The molecule has 2 rings (SSSR count). The Morgan fingerprint density at radius 1 is 1.47 bits per heavy atom. The molecule has 0 aliphatic rings. The molecule has 0 radical (unpaired) electrons. The van der Waals surface area contributed by atoms with E-state index in [9.17, 15) is 9.18 Å². The molecule has 0 fully saturated rings. The quantitative estimate of drug-likeness (QED) is 0.822. The first-order valence-electron chi connectivity index (χ1n) is 5.26. The van der Waals surface area contributed by atoms with Crippen LogP contribution in [0.3, 0.4) is 0 Å². The second kappa shape index (κ2) is 5.29. The molecule has 0 atom stereocenters. The van der Waals surface area contributed by atoms with Crippen molar-refractivity contribution in [1.29, 1.82) is 0 Å². The molecular weight excluding hydrogens is 223 g/mol. The maximum Gasteiger partial charge on any atom is 0.278 e. The van der Waals surface area contributed by atoms with Gasteiger partial charge in [0.25, 0.3) is 5.56 Å². The van der Waals surface area contributed by atoms with Crippen molar-refractivity contribution in [2.24, 2.45) is 7.05 Å². The minimum absolute atomic E-state index is 0. The fourth-order valence-electron chi connectivity index (χ4n) is 1.27. The van der Waals surface area contributed by atoms with E-state index in [0.29, 0.717) is 0 Å². The van der Waals surface area contributed by atoms with Crippen LogP contribution in [-0.4, -0.2) is 14.3 Å². The fourth-order valence-corrected chi connectivity index (χ4v) is 1.27. The van der Waals surface area contributed by atoms with Crippen molar-refractivity contribution in [3.63, 3.8) is 0 Å². The van der Waals surface area contributed by atoms with Crippen LogP contribution in [-0.2, 0) is 7.05 Å². The molecule has 2 heterocycles. The van der Waals surface area contributed by atoms with Crippen molar-refractivity contribution >= 4 is 5.69 Å². The molecule has 5 nitrogen and oxygen atoms in total. The van der Waals surface area contributed by atoms with Crippen molar-refractivity contribution < 1.29 is 5.82 Å². The van der Waals surface area contributed by atoms with Gasteiger partial charge in [-0.2, -0.15) is 9.49 Å². The minimum Gasteiger partial charge on any atom is -0.394 e. The van der Waals surface area contributed by atoms with Gasteiger partial charge >= 0.3 is 0 Å². The highest BCUT2D eigenvalue weighted by molar-refractivity contribution is 5.38. The van der Waals surface area contributed by atoms with Gasteiger partial charge in [0, 0.05) is 14.7 Å². The van der Waals surface area contributed by atoms with Crippen molar-refractivity contribution in [2.45, 2.75) is 13.8 Å². The van der Waals surface area contributed by atoms with Gasteiger partial charge in [0.05, 0.1) is 11.9 Å². The number of rotatable bonds is 1. The molecule has 17 heavy (non-hydrogen) atoms. The summed E-state index contributed by atoms with van der Waals surface area (Å²) in [4.78, 5) is 11.6. The van der Waals surface area contributed by atoms with Crippen LogP contribution in [0.15, 0.2) is 29.3 Å². The van der Waals surface area contributed by atoms with Gasteiger partial charge in [0.15, 0.2) is 0 Å². The fraction of sp³-hybridized carbons (Fsp3) is 0.273. The van der Waals surface area contributed by atoms with Crippen LogP contribution in [0.1, 0.15) is 15.3 Å². The standard InChI is InChI=1S/C9H9FN4O.C2H6.H2/c1-13-8(10)7(5-12-13)14-4-2-3-6(11)9(14)15;1-2;/h2-5H,11H2,1H3;1-2H3;1H. The molecule has 0 saturated carbocycles. The predicted octanol–water partition coefficient (Wildman–Crippen LogP) is 1.56. The smallest absolute Gasteiger partial charge is 0.278 e. The summed E-state index contributed by atoms with van der Waals surface area (Å²) >= 11 is 0. The molecule has 6 heteroatoms. The summed E-state index contributed by atoms with van der Waals surface area (Å²) in [6.45, 7) is 4.00. The monoisotopic (exact) mass is 240 g/mol. The summed E-state index contributed by atoms with van der Waals surface area (Å²) in [6.07, 6.45) is 2.72. The van der Waals surface area contributed by atoms with Crippen LogP contribution < -0.4 is 11.3 Å². The first kappa shape index (κ1) is 13.0. The topological polar surface area (TPSA) is 65.8 Å². The molecule has 0 unspecified atom stereocenters. The Hall–Kier alpha value is -2.11. The predicted molar refractivity (Wildman–Crippen MR) is 66.6 cm³/mol. The first-order valence-corrected chi connectivity index (χ1v) is 5.26. The molecule has 0 aliphatic heterocycles. The number of nitrogens with two attached hydrogens (primary N) is 1. The maximum absolute atomic E-state index is 13.5. The maximum atomic E-state index is 13.5. The van der Waals surface area contributed by atoms with Crippen molar-refractivity contribution in [3.8, 4) is 5.69 Å². The number of hydrogen-bond donors (Lipinski definition) is 1. The number of nitrogens with zero attached hydrogens (tertiary/aromatic N) is 3. The van der Waals surface area contributed by atoms with Crippen LogP contribution in [0.25, 0.3) is 5.69 Å². The third-order valence-corrected chi connectivity index (χ3v) is 2.08. The van der Waals surface area contributed by atoms with Crippen molar-refractivity contribution in [2.75, 3.05) is 5.73 Å². The Morgan fingerprint density at radius 3 is 2.65 bits per heavy atom. The largest absolute Gasteiger partial charge is 0.394 e. The highest BCUT2D eigenvalue weighted by Gasteiger charge is 2.11. The van der Waals surface area contributed by atoms with E-state index in [-0.39, 0.29) is 12.8 Å². The third kappa shape index (κ3) is 2.35. The molecule has 0 spiro atoms. The molecule has 0 aliphatic carbocycles. The molecule has 0 bridgehead atoms. The lowest BCUT2D eigenvalue weighted by atomic mass is 10.4. The molecule has 2 aromatic rings. The van der Waals surface area contributed by atoms with E-state index in [4.69, 9.17) is 5.73 Å². The van der Waals surface area contributed by atoms with E-state index in [1.807, 2.05) is 13.8 Å². The Morgan fingerprint density at radius 2 is 2.12 bits per heavy atom. The van der Waals surface area contributed by atoms with Gasteiger partial charge in [-0.25, -0.2) is 4.68 Å². The number of anilines is 1. The average molecular weight is 240 g/mol. The summed E-state index contributed by atoms with van der Waals surface area (Å²) in [6, 6.07) is 3.04. The summed E-state index contributed by atoms with van der Waals surface area (Å²) in [5, 5.41) is 3.70. The van der Waals surface area contributed by atoms with Gasteiger partial charge < -0.3 is 5.73 Å². The number of halogens is 1. The Balaban J connectivity index is 0.000000917. The van der Waals surface area contributed by atoms with Gasteiger partial charge in [0.2, 0.25) is 5.95 Å². The molecule has 0 amide bonds. The van der Waals surface area contributed by atoms with E-state index in [0.717, 1.165) is 9.25 Å². The number of aryl methyl sites for hydroxylation is 1. The molecule has 0 saturated heterocycles. The average Bonchev–Trinajstić information content (AvgIpc) is 2.67. The van der Waals surface area contributed by atoms with Gasteiger partial charge in [0.1, 0.15) is 5.69 Å². The van der Waals surface area contributed by atoms with Crippen molar-refractivity contribution in [3.05, 3.63) is 40.8 Å². The van der Waals surface area contributed by atoms with E-state index in [2.05, 4.69) is 5.10 Å². The molecule has 0 aromatic carbocycles. The highest BCUT2D eigenvalue weighted by atomic mass is 19.1. The number of aromatic nitrogens is 3. The van der Waals surface area contributed by atoms with Gasteiger partial charge in [-0.1, -0.05) is 13.8 Å². The van der Waals surface area contributed by atoms with Crippen LogP contribution in [0.4, 0.5) is 10.1 Å². The molecule has 94 valence electrons. The summed E-state index contributed by atoms with van der Waals surface area (Å²) in [7, 11) is 1.45. The van der Waals surface area contributed by atoms with E-state index in [1.54, 1.807) is 6.07 Å². The van der Waals surface area contributed by atoms with Gasteiger partial charge in [-0.05, 0) is 12.1 Å². The summed E-state index contributed by atoms with van der Waals surface area (Å²) < 4.78 is 15.6. The third-order valence-electron chi connectivity index (χ3n) is 2.08. The van der Waals surface area contributed by atoms with Crippen LogP contribution >= 0.6 is 0 Å². The lowest BCUT2D eigenvalue weighted by Crippen LogP contribution is -2.20. The first-order chi connectivity index (χ1) is 8.11. The molecule has 2 aromatic heterocycles. The zero-order valence-corrected chi connectivity index (χ0v) is 10.0.